The predicted molar refractivity (Wildman–Crippen MR) is 81.1 cm³/mol. The Hall–Kier alpha value is -1.37. The zero-order valence-corrected chi connectivity index (χ0v) is 14.4. The molecule has 1 heterocycles. The maximum atomic E-state index is 12.1. The Bertz CT molecular complexity index is 541. The van der Waals surface area contributed by atoms with E-state index in [0.717, 1.165) is 16.6 Å². The van der Waals surface area contributed by atoms with Crippen LogP contribution in [0, 0.1) is 5.41 Å². The molecule has 0 aromatic carbocycles. The van der Waals surface area contributed by atoms with Crippen molar-refractivity contribution in [3.05, 3.63) is 15.9 Å². The van der Waals surface area contributed by atoms with Crippen LogP contribution in [-0.2, 0) is 33.7 Å². The van der Waals surface area contributed by atoms with Crippen molar-refractivity contribution in [3.63, 3.8) is 0 Å². The number of carboxylic acids is 1. The lowest BCUT2D eigenvalue weighted by atomic mass is 9.85. The summed E-state index contributed by atoms with van der Waals surface area (Å²) in [5, 5.41) is 13.9. The minimum absolute atomic E-state index is 0.0303. The van der Waals surface area contributed by atoms with Gasteiger partial charge in [-0.25, -0.2) is 0 Å². The second kappa shape index (κ2) is 7.06. The summed E-state index contributed by atoms with van der Waals surface area (Å²) in [5.41, 5.74) is -0.0769. The van der Waals surface area contributed by atoms with Gasteiger partial charge in [-0.15, -0.1) is 0 Å². The fraction of sp³-hybridized carbons (Fsp3) is 0.643. The summed E-state index contributed by atoms with van der Waals surface area (Å²) in [6.45, 7) is 7.69. The molecule has 0 amide bonds. The van der Waals surface area contributed by atoms with Crippen LogP contribution in [0.2, 0.25) is 0 Å². The lowest BCUT2D eigenvalue weighted by Crippen LogP contribution is -2.40. The molecule has 21 heavy (non-hydrogen) atoms. The number of ether oxygens (including phenoxy) is 1. The van der Waals surface area contributed by atoms with E-state index in [0.29, 0.717) is 12.2 Å². The number of carbonyl (C=O) groups is 2. The molecule has 0 spiro atoms. The van der Waals surface area contributed by atoms with Crippen LogP contribution in [-0.4, -0.2) is 33.4 Å². The van der Waals surface area contributed by atoms with Crippen molar-refractivity contribution in [1.29, 1.82) is 0 Å². The van der Waals surface area contributed by atoms with Crippen molar-refractivity contribution in [3.8, 4) is 0 Å². The summed E-state index contributed by atoms with van der Waals surface area (Å²) in [7, 11) is 0. The first kappa shape index (κ1) is 17.7. The van der Waals surface area contributed by atoms with Gasteiger partial charge in [0.05, 0.1) is 22.5 Å². The number of esters is 1. The average Bonchev–Trinajstić information content (AvgIpc) is 2.75. The van der Waals surface area contributed by atoms with Crippen molar-refractivity contribution in [2.45, 2.75) is 47.1 Å². The first-order valence-corrected chi connectivity index (χ1v) is 7.75. The van der Waals surface area contributed by atoms with Gasteiger partial charge in [0.15, 0.2) is 5.41 Å². The lowest BCUT2D eigenvalue weighted by Gasteiger charge is -2.23. The number of carbonyl (C=O) groups excluding carboxylic acids is 1. The number of aliphatic carboxylic acids is 1. The Morgan fingerprint density at radius 1 is 1.38 bits per heavy atom. The summed E-state index contributed by atoms with van der Waals surface area (Å²) in [6, 6.07) is 0. The zero-order chi connectivity index (χ0) is 16.2. The summed E-state index contributed by atoms with van der Waals surface area (Å²) < 4.78 is 7.42. The van der Waals surface area contributed by atoms with E-state index >= 15 is 0 Å². The Morgan fingerprint density at radius 3 is 2.43 bits per heavy atom. The van der Waals surface area contributed by atoms with Crippen LogP contribution in [0.15, 0.2) is 4.47 Å². The normalized spacial score (nSPS) is 13.8. The zero-order valence-electron chi connectivity index (χ0n) is 12.8. The third-order valence-corrected chi connectivity index (χ3v) is 4.33. The molecule has 0 aliphatic rings. The number of hydrogen-bond donors (Lipinski definition) is 1. The Balaban J connectivity index is 3.24. The number of halogens is 1. The summed E-state index contributed by atoms with van der Waals surface area (Å²) in [5.74, 6) is -1.93. The quantitative estimate of drug-likeness (QED) is 0.596. The van der Waals surface area contributed by atoms with Crippen LogP contribution in [0.25, 0.3) is 0 Å². The molecule has 0 fully saturated rings. The Kier molecular flexibility index (Phi) is 5.95. The first-order valence-electron chi connectivity index (χ1n) is 6.96. The summed E-state index contributed by atoms with van der Waals surface area (Å²) in [4.78, 5) is 23.6. The molecule has 1 aromatic heterocycles. The van der Waals surface area contributed by atoms with E-state index < -0.39 is 17.4 Å². The molecule has 1 atom stereocenters. The van der Waals surface area contributed by atoms with Crippen molar-refractivity contribution in [1.82, 2.24) is 9.78 Å². The Labute approximate surface area is 132 Å². The number of carboxylic acid groups (broad SMARTS) is 1. The van der Waals surface area contributed by atoms with Gasteiger partial charge in [-0.05, 0) is 43.1 Å². The summed E-state index contributed by atoms with van der Waals surface area (Å²) in [6.07, 6.45) is 0.756. The molecule has 0 aliphatic heterocycles. The second-order valence-electron chi connectivity index (χ2n) is 4.91. The van der Waals surface area contributed by atoms with Gasteiger partial charge >= 0.3 is 11.9 Å². The second-order valence-corrected chi connectivity index (χ2v) is 5.70. The van der Waals surface area contributed by atoms with Gasteiger partial charge in [-0.3, -0.25) is 14.3 Å². The van der Waals surface area contributed by atoms with E-state index in [2.05, 4.69) is 21.0 Å². The maximum Gasteiger partial charge on any atom is 0.323 e. The third-order valence-electron chi connectivity index (χ3n) is 3.41. The predicted octanol–water partition coefficient (Wildman–Crippen LogP) is 2.42. The van der Waals surface area contributed by atoms with Gasteiger partial charge in [-0.1, -0.05) is 6.92 Å². The van der Waals surface area contributed by atoms with E-state index in [1.807, 2.05) is 13.8 Å². The molecule has 0 radical (unpaired) electrons. The largest absolute Gasteiger partial charge is 0.480 e. The van der Waals surface area contributed by atoms with Gasteiger partial charge in [0.25, 0.3) is 0 Å². The van der Waals surface area contributed by atoms with Crippen LogP contribution >= 0.6 is 15.9 Å². The number of rotatable bonds is 7. The SMILES string of the molecule is CCOC(=O)C(C)(Cc1c(Br)c(CC)nn1CC)C(=O)O. The van der Waals surface area contributed by atoms with Gasteiger partial charge < -0.3 is 9.84 Å². The molecule has 0 saturated carbocycles. The van der Waals surface area contributed by atoms with E-state index in [1.54, 1.807) is 11.6 Å². The minimum Gasteiger partial charge on any atom is -0.480 e. The van der Waals surface area contributed by atoms with E-state index in [1.165, 1.54) is 6.92 Å². The summed E-state index contributed by atoms with van der Waals surface area (Å²) >= 11 is 3.46. The highest BCUT2D eigenvalue weighted by Crippen LogP contribution is 2.31. The standard InChI is InChI=1S/C14H21BrN2O4/c1-5-9-11(15)10(17(6-2)16-9)8-14(4,12(18)19)13(20)21-7-3/h5-8H2,1-4H3,(H,18,19). The van der Waals surface area contributed by atoms with Crippen LogP contribution in [0.3, 0.4) is 0 Å². The van der Waals surface area contributed by atoms with E-state index in [-0.39, 0.29) is 13.0 Å². The van der Waals surface area contributed by atoms with Crippen molar-refractivity contribution < 1.29 is 19.4 Å². The molecule has 0 saturated heterocycles. The van der Waals surface area contributed by atoms with Gasteiger partial charge in [0.2, 0.25) is 0 Å². The lowest BCUT2D eigenvalue weighted by molar-refractivity contribution is -0.167. The molecular weight excluding hydrogens is 340 g/mol. The first-order chi connectivity index (χ1) is 9.81. The maximum absolute atomic E-state index is 12.1. The highest BCUT2D eigenvalue weighted by Gasteiger charge is 2.44. The van der Waals surface area contributed by atoms with Crippen molar-refractivity contribution in [2.24, 2.45) is 5.41 Å². The molecule has 1 rings (SSSR count). The molecule has 6 nitrogen and oxygen atoms in total. The Morgan fingerprint density at radius 2 is 2.00 bits per heavy atom. The molecule has 1 unspecified atom stereocenters. The molecule has 1 aromatic rings. The molecule has 0 bridgehead atoms. The average molecular weight is 361 g/mol. The fourth-order valence-corrected chi connectivity index (χ4v) is 2.75. The van der Waals surface area contributed by atoms with Crippen LogP contribution < -0.4 is 0 Å². The monoisotopic (exact) mass is 360 g/mol. The minimum atomic E-state index is -1.63. The third kappa shape index (κ3) is 3.45. The number of aryl methyl sites for hydroxylation is 2. The molecule has 7 heteroatoms. The molecule has 0 aliphatic carbocycles. The smallest absolute Gasteiger partial charge is 0.323 e. The van der Waals surface area contributed by atoms with E-state index in [9.17, 15) is 14.7 Å². The number of nitrogens with zero attached hydrogens (tertiary/aromatic N) is 2. The van der Waals surface area contributed by atoms with Gasteiger partial charge in [0, 0.05) is 13.0 Å². The van der Waals surface area contributed by atoms with Gasteiger partial charge in [-0.2, -0.15) is 5.10 Å². The van der Waals surface area contributed by atoms with Gasteiger partial charge in [0.1, 0.15) is 0 Å². The highest BCUT2D eigenvalue weighted by molar-refractivity contribution is 9.10. The highest BCUT2D eigenvalue weighted by atomic mass is 79.9. The number of hydrogen-bond acceptors (Lipinski definition) is 4. The van der Waals surface area contributed by atoms with Crippen molar-refractivity contribution in [2.75, 3.05) is 6.61 Å². The van der Waals surface area contributed by atoms with Crippen molar-refractivity contribution >= 4 is 27.9 Å². The van der Waals surface area contributed by atoms with Crippen LogP contribution in [0.5, 0.6) is 0 Å². The molecule has 1 N–H and O–H groups in total. The van der Waals surface area contributed by atoms with Crippen LogP contribution in [0.1, 0.15) is 39.1 Å². The fourth-order valence-electron chi connectivity index (χ4n) is 2.05. The molecule has 118 valence electrons. The van der Waals surface area contributed by atoms with Crippen LogP contribution in [0.4, 0.5) is 0 Å². The number of aromatic nitrogens is 2. The molecular formula is C14H21BrN2O4. The van der Waals surface area contributed by atoms with E-state index in [4.69, 9.17) is 4.74 Å². The topological polar surface area (TPSA) is 81.4 Å².